The van der Waals surface area contributed by atoms with Crippen LogP contribution in [0.4, 0.5) is 5.69 Å². The number of rotatable bonds is 3. The molecule has 0 atom stereocenters. The lowest BCUT2D eigenvalue weighted by Crippen LogP contribution is -2.12. The van der Waals surface area contributed by atoms with Crippen LogP contribution in [0.5, 0.6) is 0 Å². The highest BCUT2D eigenvalue weighted by molar-refractivity contribution is 7.17. The summed E-state index contributed by atoms with van der Waals surface area (Å²) in [4.78, 5) is 40.3. The van der Waals surface area contributed by atoms with E-state index in [0.717, 1.165) is 5.69 Å². The fourth-order valence-electron chi connectivity index (χ4n) is 2.54. The first kappa shape index (κ1) is 16.1. The van der Waals surface area contributed by atoms with E-state index in [-0.39, 0.29) is 11.5 Å². The van der Waals surface area contributed by atoms with Gasteiger partial charge in [-0.1, -0.05) is 6.07 Å². The van der Waals surface area contributed by atoms with Crippen LogP contribution in [-0.2, 0) is 0 Å². The number of hydrogen-bond acceptors (Lipinski definition) is 6. The number of amides is 1. The Balaban J connectivity index is 1.64. The topological polar surface area (TPSA) is 101 Å². The van der Waals surface area contributed by atoms with Crippen LogP contribution in [0.25, 0.3) is 21.6 Å². The Morgan fingerprint density at radius 2 is 2.08 bits per heavy atom. The largest absolute Gasteiger partial charge is 0.321 e. The van der Waals surface area contributed by atoms with Crippen molar-refractivity contribution in [2.75, 3.05) is 5.32 Å². The van der Waals surface area contributed by atoms with Gasteiger partial charge in [0.1, 0.15) is 9.88 Å². The van der Waals surface area contributed by atoms with Gasteiger partial charge in [-0.3, -0.25) is 14.6 Å². The molecule has 0 fully saturated rings. The monoisotopic (exact) mass is 363 g/mol. The van der Waals surface area contributed by atoms with Crippen molar-refractivity contribution in [3.63, 3.8) is 0 Å². The minimum Gasteiger partial charge on any atom is -0.321 e. The number of aryl methyl sites for hydroxylation is 1. The summed E-state index contributed by atoms with van der Waals surface area (Å²) < 4.78 is 0. The molecule has 0 saturated heterocycles. The lowest BCUT2D eigenvalue weighted by molar-refractivity contribution is 0.103. The number of fused-ring (bicyclic) bond motifs is 1. The van der Waals surface area contributed by atoms with Crippen LogP contribution < -0.4 is 10.9 Å². The summed E-state index contributed by atoms with van der Waals surface area (Å²) in [5.41, 5.74) is 2.19. The molecule has 1 amide bonds. The third-order valence-corrected chi connectivity index (χ3v) is 4.96. The van der Waals surface area contributed by atoms with Gasteiger partial charge in [0.2, 0.25) is 0 Å². The van der Waals surface area contributed by atoms with E-state index in [1.165, 1.54) is 17.7 Å². The van der Waals surface area contributed by atoms with Crippen LogP contribution in [0, 0.1) is 6.92 Å². The summed E-state index contributed by atoms with van der Waals surface area (Å²) >= 11 is 1.28. The van der Waals surface area contributed by atoms with E-state index in [1.54, 1.807) is 31.3 Å². The van der Waals surface area contributed by atoms with Crippen LogP contribution in [0.1, 0.15) is 15.4 Å². The molecule has 1 aromatic carbocycles. The molecule has 128 valence electrons. The highest BCUT2D eigenvalue weighted by atomic mass is 32.1. The molecular weight excluding hydrogens is 350 g/mol. The zero-order valence-electron chi connectivity index (χ0n) is 13.7. The van der Waals surface area contributed by atoms with Gasteiger partial charge in [0.05, 0.1) is 28.6 Å². The molecule has 26 heavy (non-hydrogen) atoms. The molecular formula is C18H13N5O2S. The van der Waals surface area contributed by atoms with Gasteiger partial charge in [-0.2, -0.15) is 0 Å². The zero-order chi connectivity index (χ0) is 18.1. The average Bonchev–Trinajstić information content (AvgIpc) is 3.05. The third kappa shape index (κ3) is 2.98. The SMILES string of the molecule is Cc1nc(-c2ccccn2)sc1C(=O)Nc1ccc2nc[nH]c(=O)c2c1. The fraction of sp³-hybridized carbons (Fsp3) is 0.0556. The smallest absolute Gasteiger partial charge is 0.267 e. The maximum atomic E-state index is 12.6. The van der Waals surface area contributed by atoms with Crippen LogP contribution in [0.2, 0.25) is 0 Å². The van der Waals surface area contributed by atoms with Crippen molar-refractivity contribution in [3.05, 3.63) is 69.8 Å². The third-order valence-electron chi connectivity index (χ3n) is 3.79. The summed E-state index contributed by atoms with van der Waals surface area (Å²) in [6.45, 7) is 1.78. The Hall–Kier alpha value is -3.39. The molecule has 3 heterocycles. The first-order valence-corrected chi connectivity index (χ1v) is 8.61. The van der Waals surface area contributed by atoms with Gasteiger partial charge < -0.3 is 10.3 Å². The van der Waals surface area contributed by atoms with Crippen molar-refractivity contribution in [1.29, 1.82) is 0 Å². The van der Waals surface area contributed by atoms with E-state index in [9.17, 15) is 9.59 Å². The molecule has 0 saturated carbocycles. The number of nitrogens with one attached hydrogen (secondary N) is 2. The Bertz CT molecular complexity index is 1170. The molecule has 0 radical (unpaired) electrons. The van der Waals surface area contributed by atoms with Gasteiger partial charge in [0.15, 0.2) is 0 Å². The van der Waals surface area contributed by atoms with E-state index < -0.39 is 0 Å². The van der Waals surface area contributed by atoms with Crippen LogP contribution in [0.3, 0.4) is 0 Å². The van der Waals surface area contributed by atoms with Crippen molar-refractivity contribution in [2.24, 2.45) is 0 Å². The van der Waals surface area contributed by atoms with Crippen molar-refractivity contribution in [1.82, 2.24) is 19.9 Å². The molecule has 0 aliphatic heterocycles. The predicted molar refractivity (Wildman–Crippen MR) is 100 cm³/mol. The number of pyridine rings is 1. The van der Waals surface area contributed by atoms with E-state index >= 15 is 0 Å². The second kappa shape index (κ2) is 6.49. The number of carbonyl (C=O) groups is 1. The molecule has 0 aliphatic rings. The summed E-state index contributed by atoms with van der Waals surface area (Å²) in [5, 5.41) is 3.92. The summed E-state index contributed by atoms with van der Waals surface area (Å²) in [5.74, 6) is -0.276. The fourth-order valence-corrected chi connectivity index (χ4v) is 3.48. The van der Waals surface area contributed by atoms with Crippen molar-refractivity contribution >= 4 is 33.8 Å². The number of anilines is 1. The number of nitrogens with zero attached hydrogens (tertiary/aromatic N) is 3. The van der Waals surface area contributed by atoms with Gasteiger partial charge >= 0.3 is 0 Å². The zero-order valence-corrected chi connectivity index (χ0v) is 14.5. The standard InChI is InChI=1S/C18H13N5O2S/c1-10-15(26-18(22-10)14-4-2-3-7-19-14)17(25)23-11-5-6-13-12(8-11)16(24)21-9-20-13/h2-9H,1H3,(H,23,25)(H,20,21,24). The van der Waals surface area contributed by atoms with Gasteiger partial charge in [-0.05, 0) is 37.3 Å². The summed E-state index contributed by atoms with van der Waals surface area (Å²) in [6.07, 6.45) is 3.04. The summed E-state index contributed by atoms with van der Waals surface area (Å²) in [7, 11) is 0. The average molecular weight is 363 g/mol. The van der Waals surface area contributed by atoms with Crippen molar-refractivity contribution in [3.8, 4) is 10.7 Å². The molecule has 4 aromatic rings. The van der Waals surface area contributed by atoms with Gasteiger partial charge in [-0.25, -0.2) is 9.97 Å². The molecule has 0 aliphatic carbocycles. The van der Waals surface area contributed by atoms with Crippen LogP contribution >= 0.6 is 11.3 Å². The van der Waals surface area contributed by atoms with Crippen LogP contribution in [-0.4, -0.2) is 25.8 Å². The number of H-pyrrole nitrogens is 1. The maximum absolute atomic E-state index is 12.6. The van der Waals surface area contributed by atoms with Gasteiger partial charge in [-0.15, -0.1) is 11.3 Å². The number of hydrogen-bond donors (Lipinski definition) is 2. The van der Waals surface area contributed by atoms with Crippen LogP contribution in [0.15, 0.2) is 53.7 Å². The highest BCUT2D eigenvalue weighted by Gasteiger charge is 2.17. The van der Waals surface area contributed by atoms with Crippen molar-refractivity contribution in [2.45, 2.75) is 6.92 Å². The molecule has 2 N–H and O–H groups in total. The summed E-state index contributed by atoms with van der Waals surface area (Å²) in [6, 6.07) is 10.6. The Morgan fingerprint density at radius 3 is 2.88 bits per heavy atom. The van der Waals surface area contributed by atoms with E-state index in [4.69, 9.17) is 0 Å². The minimum atomic E-state index is -0.276. The molecule has 0 unspecified atom stereocenters. The number of carbonyl (C=O) groups excluding carboxylic acids is 1. The molecule has 7 nitrogen and oxygen atoms in total. The van der Waals surface area contributed by atoms with Gasteiger partial charge in [0, 0.05) is 11.9 Å². The lowest BCUT2D eigenvalue weighted by atomic mass is 10.2. The lowest BCUT2D eigenvalue weighted by Gasteiger charge is -2.05. The second-order valence-electron chi connectivity index (χ2n) is 5.57. The van der Waals surface area contributed by atoms with E-state index in [1.807, 2.05) is 18.2 Å². The number of benzene rings is 1. The van der Waals surface area contributed by atoms with E-state index in [2.05, 4.69) is 25.3 Å². The minimum absolute atomic E-state index is 0.252. The second-order valence-corrected chi connectivity index (χ2v) is 6.57. The maximum Gasteiger partial charge on any atom is 0.267 e. The normalized spacial score (nSPS) is 10.8. The quantitative estimate of drug-likeness (QED) is 0.583. The first-order valence-electron chi connectivity index (χ1n) is 7.79. The number of thiazole rings is 1. The molecule has 3 aromatic heterocycles. The molecule has 8 heteroatoms. The molecule has 0 spiro atoms. The highest BCUT2D eigenvalue weighted by Crippen LogP contribution is 2.27. The molecule has 0 bridgehead atoms. The predicted octanol–water partition coefficient (Wildman–Crippen LogP) is 3.00. The Labute approximate surface area is 151 Å². The van der Waals surface area contributed by atoms with E-state index in [0.29, 0.717) is 32.2 Å². The Morgan fingerprint density at radius 1 is 1.19 bits per heavy atom. The Kier molecular flexibility index (Phi) is 4.02. The number of aromatic nitrogens is 4. The van der Waals surface area contributed by atoms with Crippen molar-refractivity contribution < 1.29 is 4.79 Å². The first-order chi connectivity index (χ1) is 12.6. The molecule has 4 rings (SSSR count). The number of aromatic amines is 1. The van der Waals surface area contributed by atoms with Gasteiger partial charge in [0.25, 0.3) is 11.5 Å².